The van der Waals surface area contributed by atoms with E-state index in [9.17, 15) is 4.79 Å². The van der Waals surface area contributed by atoms with Crippen LogP contribution in [-0.2, 0) is 4.79 Å². The van der Waals surface area contributed by atoms with Gasteiger partial charge in [0, 0.05) is 12.0 Å². The van der Waals surface area contributed by atoms with Gasteiger partial charge >= 0.3 is 0 Å². The second-order valence-corrected chi connectivity index (χ2v) is 7.76. The van der Waals surface area contributed by atoms with Crippen LogP contribution in [0.15, 0.2) is 0 Å². The van der Waals surface area contributed by atoms with E-state index in [-0.39, 0.29) is 5.41 Å². The summed E-state index contributed by atoms with van der Waals surface area (Å²) < 4.78 is 0. The number of hydrogen-bond acceptors (Lipinski definition) is 2. The van der Waals surface area contributed by atoms with E-state index in [0.29, 0.717) is 11.8 Å². The predicted octanol–water partition coefficient (Wildman–Crippen LogP) is 2.69. The zero-order valence-corrected chi connectivity index (χ0v) is 12.9. The van der Waals surface area contributed by atoms with Crippen molar-refractivity contribution >= 4 is 5.91 Å². The van der Waals surface area contributed by atoms with Crippen LogP contribution in [0.25, 0.3) is 0 Å². The van der Waals surface area contributed by atoms with Gasteiger partial charge in [-0.15, -0.1) is 0 Å². The molecule has 1 unspecified atom stereocenters. The smallest absolute Gasteiger partial charge is 0.226 e. The Morgan fingerprint density at radius 1 is 1.20 bits per heavy atom. The molecule has 0 saturated heterocycles. The molecule has 0 spiro atoms. The summed E-state index contributed by atoms with van der Waals surface area (Å²) >= 11 is 0. The van der Waals surface area contributed by atoms with Gasteiger partial charge < -0.3 is 11.1 Å². The van der Waals surface area contributed by atoms with Gasteiger partial charge in [0.1, 0.15) is 0 Å². The first-order valence-corrected chi connectivity index (χ1v) is 8.63. The van der Waals surface area contributed by atoms with E-state index in [1.54, 1.807) is 0 Å². The average molecular weight is 278 g/mol. The Morgan fingerprint density at radius 2 is 1.75 bits per heavy atom. The summed E-state index contributed by atoms with van der Waals surface area (Å²) in [7, 11) is 0. The largest absolute Gasteiger partial charge is 0.355 e. The lowest BCUT2D eigenvalue weighted by Gasteiger charge is -2.55. The van der Waals surface area contributed by atoms with Crippen LogP contribution >= 0.6 is 0 Å². The number of nitrogens with two attached hydrogens (primary N) is 1. The monoisotopic (exact) mass is 278 g/mol. The van der Waals surface area contributed by atoms with Crippen LogP contribution in [0.4, 0.5) is 0 Å². The van der Waals surface area contributed by atoms with Crippen LogP contribution in [-0.4, -0.2) is 19.0 Å². The molecule has 0 aliphatic heterocycles. The molecule has 4 aliphatic rings. The van der Waals surface area contributed by atoms with Gasteiger partial charge in [-0.05, 0) is 75.2 Å². The van der Waals surface area contributed by atoms with Gasteiger partial charge in [-0.1, -0.05) is 13.3 Å². The van der Waals surface area contributed by atoms with E-state index in [2.05, 4.69) is 12.2 Å². The first-order chi connectivity index (χ1) is 9.65. The van der Waals surface area contributed by atoms with Crippen molar-refractivity contribution in [3.63, 3.8) is 0 Å². The second-order valence-electron chi connectivity index (χ2n) is 7.76. The van der Waals surface area contributed by atoms with Gasteiger partial charge in [0.25, 0.3) is 0 Å². The highest BCUT2D eigenvalue weighted by molar-refractivity contribution is 5.83. The van der Waals surface area contributed by atoms with E-state index in [0.717, 1.165) is 43.7 Å². The molecular weight excluding hydrogens is 248 g/mol. The minimum absolute atomic E-state index is 0.00968. The molecule has 4 rings (SSSR count). The van der Waals surface area contributed by atoms with Crippen LogP contribution < -0.4 is 11.1 Å². The molecule has 3 heteroatoms. The first kappa shape index (κ1) is 14.4. The molecule has 0 aromatic heterocycles. The number of rotatable bonds is 6. The minimum Gasteiger partial charge on any atom is -0.355 e. The van der Waals surface area contributed by atoms with Crippen molar-refractivity contribution in [2.24, 2.45) is 34.8 Å². The van der Waals surface area contributed by atoms with Gasteiger partial charge in [0.2, 0.25) is 5.91 Å². The van der Waals surface area contributed by atoms with E-state index >= 15 is 0 Å². The molecular formula is C17H30N2O. The average Bonchev–Trinajstić information content (AvgIpc) is 2.41. The molecule has 1 amide bonds. The van der Waals surface area contributed by atoms with E-state index < -0.39 is 0 Å². The van der Waals surface area contributed by atoms with Crippen LogP contribution in [0.3, 0.4) is 0 Å². The lowest BCUT2D eigenvalue weighted by atomic mass is 9.49. The Balaban J connectivity index is 1.59. The SMILES string of the molecule is CCC(CCN)CNC(=O)C12CC3CC(CC(C3)C1)C2. The molecule has 3 N–H and O–H groups in total. The molecule has 4 fully saturated rings. The number of nitrogens with one attached hydrogen (secondary N) is 1. The molecule has 114 valence electrons. The topological polar surface area (TPSA) is 55.1 Å². The third-order valence-corrected chi connectivity index (χ3v) is 6.22. The van der Waals surface area contributed by atoms with E-state index in [1.165, 1.54) is 38.5 Å². The minimum atomic E-state index is 0.00968. The summed E-state index contributed by atoms with van der Waals surface area (Å²) in [6.45, 7) is 3.75. The van der Waals surface area contributed by atoms with Crippen LogP contribution in [0.2, 0.25) is 0 Å². The second kappa shape index (κ2) is 5.67. The number of carbonyl (C=O) groups is 1. The first-order valence-electron chi connectivity index (χ1n) is 8.63. The molecule has 1 atom stereocenters. The fraction of sp³-hybridized carbons (Fsp3) is 0.941. The Kier molecular flexibility index (Phi) is 4.07. The zero-order valence-electron chi connectivity index (χ0n) is 12.9. The molecule has 0 heterocycles. The van der Waals surface area contributed by atoms with Crippen LogP contribution in [0, 0.1) is 29.1 Å². The van der Waals surface area contributed by atoms with Gasteiger partial charge in [0.05, 0.1) is 0 Å². The number of hydrogen-bond donors (Lipinski definition) is 2. The Hall–Kier alpha value is -0.570. The molecule has 4 aliphatic carbocycles. The van der Waals surface area contributed by atoms with Gasteiger partial charge in [-0.25, -0.2) is 0 Å². The Morgan fingerprint density at radius 3 is 2.20 bits per heavy atom. The quantitative estimate of drug-likeness (QED) is 0.785. The Bertz CT molecular complexity index is 331. The lowest BCUT2D eigenvalue weighted by Crippen LogP contribution is -2.54. The van der Waals surface area contributed by atoms with Crippen molar-refractivity contribution in [2.75, 3.05) is 13.1 Å². The van der Waals surface area contributed by atoms with E-state index in [4.69, 9.17) is 5.73 Å². The molecule has 3 nitrogen and oxygen atoms in total. The molecule has 0 radical (unpaired) electrons. The van der Waals surface area contributed by atoms with Crippen molar-refractivity contribution in [1.29, 1.82) is 0 Å². The maximum atomic E-state index is 12.8. The van der Waals surface area contributed by atoms with Gasteiger partial charge in [-0.2, -0.15) is 0 Å². The molecule has 0 aromatic carbocycles. The summed E-state index contributed by atoms with van der Waals surface area (Å²) in [5.41, 5.74) is 5.65. The van der Waals surface area contributed by atoms with Crippen molar-refractivity contribution in [2.45, 2.75) is 58.3 Å². The Labute approximate surface area is 123 Å². The normalized spacial score (nSPS) is 39.8. The predicted molar refractivity (Wildman–Crippen MR) is 81.1 cm³/mol. The summed E-state index contributed by atoms with van der Waals surface area (Å²) in [5.74, 6) is 3.46. The maximum absolute atomic E-state index is 12.8. The molecule has 4 saturated carbocycles. The highest BCUT2D eigenvalue weighted by Gasteiger charge is 2.54. The van der Waals surface area contributed by atoms with E-state index in [1.807, 2.05) is 0 Å². The fourth-order valence-electron chi connectivity index (χ4n) is 5.50. The van der Waals surface area contributed by atoms with Crippen molar-refractivity contribution in [3.8, 4) is 0 Å². The highest BCUT2D eigenvalue weighted by Crippen LogP contribution is 2.60. The third-order valence-electron chi connectivity index (χ3n) is 6.22. The van der Waals surface area contributed by atoms with Crippen molar-refractivity contribution in [3.05, 3.63) is 0 Å². The highest BCUT2D eigenvalue weighted by atomic mass is 16.2. The molecule has 0 aromatic rings. The number of amides is 1. The molecule has 20 heavy (non-hydrogen) atoms. The zero-order chi connectivity index (χ0) is 14.2. The standard InChI is InChI=1S/C17H30N2O/c1-2-12(3-4-18)11-19-16(20)17-8-13-5-14(9-17)7-15(6-13)10-17/h12-15H,2-11,18H2,1H3,(H,19,20). The van der Waals surface area contributed by atoms with Crippen LogP contribution in [0.1, 0.15) is 58.3 Å². The van der Waals surface area contributed by atoms with Gasteiger partial charge in [0.15, 0.2) is 0 Å². The summed E-state index contributed by atoms with van der Waals surface area (Å²) in [6, 6.07) is 0. The van der Waals surface area contributed by atoms with Crippen molar-refractivity contribution in [1.82, 2.24) is 5.32 Å². The maximum Gasteiger partial charge on any atom is 0.226 e. The summed E-state index contributed by atoms with van der Waals surface area (Å²) in [4.78, 5) is 12.8. The van der Waals surface area contributed by atoms with Crippen molar-refractivity contribution < 1.29 is 4.79 Å². The fourth-order valence-corrected chi connectivity index (χ4v) is 5.50. The lowest BCUT2D eigenvalue weighted by molar-refractivity contribution is -0.146. The molecule has 4 bridgehead atoms. The third kappa shape index (κ3) is 2.61. The van der Waals surface area contributed by atoms with Gasteiger partial charge in [-0.3, -0.25) is 4.79 Å². The summed E-state index contributed by atoms with van der Waals surface area (Å²) in [5, 5.41) is 3.28. The van der Waals surface area contributed by atoms with Crippen LogP contribution in [0.5, 0.6) is 0 Å². The summed E-state index contributed by atoms with van der Waals surface area (Å²) in [6.07, 6.45) is 9.83. The number of carbonyl (C=O) groups excluding carboxylic acids is 1.